The first-order valence-electron chi connectivity index (χ1n) is 9.29. The van der Waals surface area contributed by atoms with Gasteiger partial charge in [0.1, 0.15) is 5.75 Å². The summed E-state index contributed by atoms with van der Waals surface area (Å²) in [5.74, 6) is 0.743. The summed E-state index contributed by atoms with van der Waals surface area (Å²) >= 11 is 12.9. The number of ether oxygens (including phenoxy) is 2. The first-order chi connectivity index (χ1) is 14.6. The molecule has 3 nitrogen and oxygen atoms in total. The quantitative estimate of drug-likeness (QED) is 0.161. The molecular weight excluding hydrogens is 419 g/mol. The summed E-state index contributed by atoms with van der Waals surface area (Å²) in [4.78, 5) is 12.8. The maximum Gasteiger partial charge on any atom is 0.519 e. The van der Waals surface area contributed by atoms with Crippen LogP contribution in [0.25, 0.3) is 32.3 Å². The van der Waals surface area contributed by atoms with Gasteiger partial charge in [0.25, 0.3) is 0 Å². The molecule has 0 aromatic heterocycles. The summed E-state index contributed by atoms with van der Waals surface area (Å²) in [5.41, 5.74) is 0. The highest BCUT2D eigenvalue weighted by Crippen LogP contribution is 2.41. The van der Waals surface area contributed by atoms with Gasteiger partial charge in [0, 0.05) is 26.6 Å². The van der Waals surface area contributed by atoms with E-state index in [-0.39, 0.29) is 0 Å². The largest absolute Gasteiger partial charge is 0.519 e. The molecule has 0 spiro atoms. The summed E-state index contributed by atoms with van der Waals surface area (Å²) in [6.45, 7) is 0. The smallest absolute Gasteiger partial charge is 0.394 e. The van der Waals surface area contributed by atoms with E-state index in [1.165, 1.54) is 0 Å². The van der Waals surface area contributed by atoms with Crippen LogP contribution in [0.5, 0.6) is 11.5 Å². The molecule has 30 heavy (non-hydrogen) atoms. The second-order valence-electron chi connectivity index (χ2n) is 6.81. The van der Waals surface area contributed by atoms with Gasteiger partial charge in [0.05, 0.1) is 5.02 Å². The van der Waals surface area contributed by atoms with Gasteiger partial charge in [0.15, 0.2) is 5.75 Å². The third kappa shape index (κ3) is 3.22. The van der Waals surface area contributed by atoms with Crippen molar-refractivity contribution in [3.63, 3.8) is 0 Å². The first kappa shape index (κ1) is 18.7. The Hall–Kier alpha value is -3.27. The Morgan fingerprint density at radius 3 is 2.20 bits per heavy atom. The molecule has 0 atom stereocenters. The fourth-order valence-electron chi connectivity index (χ4n) is 3.66. The van der Waals surface area contributed by atoms with Gasteiger partial charge >= 0.3 is 6.16 Å². The molecule has 0 aliphatic heterocycles. The lowest BCUT2D eigenvalue weighted by molar-refractivity contribution is 0.153. The van der Waals surface area contributed by atoms with E-state index < -0.39 is 6.16 Å². The van der Waals surface area contributed by atoms with Crippen molar-refractivity contribution < 1.29 is 14.3 Å². The molecule has 0 fully saturated rings. The third-order valence-corrected chi connectivity index (χ3v) is 5.64. The number of halogens is 2. The maximum absolute atomic E-state index is 12.8. The zero-order valence-corrected chi connectivity index (χ0v) is 17.1. The van der Waals surface area contributed by atoms with E-state index in [0.29, 0.717) is 32.3 Å². The van der Waals surface area contributed by atoms with Crippen LogP contribution in [0.15, 0.2) is 84.9 Å². The fourth-order valence-corrected chi connectivity index (χ4v) is 4.15. The number of benzene rings is 5. The van der Waals surface area contributed by atoms with Crippen LogP contribution >= 0.6 is 23.2 Å². The number of carbonyl (C=O) groups is 1. The lowest BCUT2D eigenvalue weighted by Gasteiger charge is -2.14. The third-order valence-electron chi connectivity index (χ3n) is 5.00. The molecule has 0 unspecified atom stereocenters. The van der Waals surface area contributed by atoms with Crippen molar-refractivity contribution in [3.8, 4) is 11.5 Å². The highest BCUT2D eigenvalue weighted by Gasteiger charge is 2.18. The molecule has 0 saturated heterocycles. The van der Waals surface area contributed by atoms with Crippen LogP contribution in [-0.4, -0.2) is 6.16 Å². The predicted octanol–water partition coefficient (Wildman–Crippen LogP) is 8.03. The average Bonchev–Trinajstić information content (AvgIpc) is 2.75. The molecule has 0 saturated carbocycles. The Kier molecular flexibility index (Phi) is 4.70. The van der Waals surface area contributed by atoms with Gasteiger partial charge in [-0.3, -0.25) is 0 Å². The Morgan fingerprint density at radius 1 is 0.633 bits per heavy atom. The van der Waals surface area contributed by atoms with E-state index in [2.05, 4.69) is 0 Å². The van der Waals surface area contributed by atoms with E-state index in [4.69, 9.17) is 32.7 Å². The van der Waals surface area contributed by atoms with Crippen molar-refractivity contribution >= 4 is 61.7 Å². The van der Waals surface area contributed by atoms with Crippen molar-refractivity contribution in [3.05, 3.63) is 95.0 Å². The van der Waals surface area contributed by atoms with Crippen molar-refractivity contribution in [2.24, 2.45) is 0 Å². The van der Waals surface area contributed by atoms with Gasteiger partial charge in [-0.25, -0.2) is 4.79 Å². The Bertz CT molecular complexity index is 1440. The van der Waals surface area contributed by atoms with Crippen LogP contribution in [0, 0.1) is 0 Å². The standard InChI is InChI=1S/C25H14Cl2O3/c26-20-11-5-10-18-19(20)14-16-8-3-12-21(27)23(16)24(18)30-25(28)29-22-13-4-7-15-6-1-2-9-17(15)22/h1-14H. The molecule has 5 rings (SSSR count). The minimum absolute atomic E-state index is 0.320. The predicted molar refractivity (Wildman–Crippen MR) is 122 cm³/mol. The maximum atomic E-state index is 12.8. The van der Waals surface area contributed by atoms with Crippen molar-refractivity contribution in [2.75, 3.05) is 0 Å². The van der Waals surface area contributed by atoms with Gasteiger partial charge in [-0.15, -0.1) is 0 Å². The lowest BCUT2D eigenvalue weighted by atomic mass is 10.0. The zero-order valence-electron chi connectivity index (χ0n) is 15.6. The van der Waals surface area contributed by atoms with E-state index >= 15 is 0 Å². The summed E-state index contributed by atoms with van der Waals surface area (Å²) in [6, 6.07) is 26.0. The van der Waals surface area contributed by atoms with Crippen LogP contribution in [0.4, 0.5) is 4.79 Å². The average molecular weight is 433 g/mol. The van der Waals surface area contributed by atoms with Gasteiger partial charge in [-0.05, 0) is 35.0 Å². The SMILES string of the molecule is O=C(Oc1cccc2ccccc12)Oc1c2cccc(Cl)c2cc2cccc(Cl)c12. The molecule has 5 heteroatoms. The topological polar surface area (TPSA) is 35.5 Å². The fraction of sp³-hybridized carbons (Fsp3) is 0. The Balaban J connectivity index is 1.62. The number of carbonyl (C=O) groups excluding carboxylic acids is 1. The molecular formula is C25H14Cl2O3. The molecule has 0 bridgehead atoms. The highest BCUT2D eigenvalue weighted by molar-refractivity contribution is 6.39. The second kappa shape index (κ2) is 7.52. The van der Waals surface area contributed by atoms with Crippen molar-refractivity contribution in [1.82, 2.24) is 0 Å². The van der Waals surface area contributed by atoms with E-state index in [9.17, 15) is 4.79 Å². The number of rotatable bonds is 2. The van der Waals surface area contributed by atoms with Crippen molar-refractivity contribution in [2.45, 2.75) is 0 Å². The molecule has 0 radical (unpaired) electrons. The highest BCUT2D eigenvalue weighted by atomic mass is 35.5. The van der Waals surface area contributed by atoms with Crippen LogP contribution < -0.4 is 9.47 Å². The van der Waals surface area contributed by atoms with E-state index in [0.717, 1.165) is 21.5 Å². The zero-order chi connectivity index (χ0) is 20.7. The van der Waals surface area contributed by atoms with Gasteiger partial charge in [0.2, 0.25) is 0 Å². The minimum atomic E-state index is -0.847. The summed E-state index contributed by atoms with van der Waals surface area (Å²) in [6.07, 6.45) is -0.847. The van der Waals surface area contributed by atoms with Crippen LogP contribution in [-0.2, 0) is 0 Å². The van der Waals surface area contributed by atoms with E-state index in [1.54, 1.807) is 24.3 Å². The van der Waals surface area contributed by atoms with Crippen LogP contribution in [0.1, 0.15) is 0 Å². The molecule has 0 amide bonds. The molecule has 5 aromatic carbocycles. The molecule has 0 aliphatic rings. The summed E-state index contributed by atoms with van der Waals surface area (Å²) < 4.78 is 11.3. The molecule has 0 N–H and O–H groups in total. The van der Waals surface area contributed by atoms with Crippen LogP contribution in [0.3, 0.4) is 0 Å². The Labute approximate surface area is 182 Å². The monoisotopic (exact) mass is 432 g/mol. The lowest BCUT2D eigenvalue weighted by Crippen LogP contribution is -2.14. The number of hydrogen-bond donors (Lipinski definition) is 0. The normalized spacial score (nSPS) is 11.1. The van der Waals surface area contributed by atoms with Crippen molar-refractivity contribution in [1.29, 1.82) is 0 Å². The number of fused-ring (bicyclic) bond motifs is 3. The molecule has 5 aromatic rings. The van der Waals surface area contributed by atoms with Gasteiger partial charge < -0.3 is 9.47 Å². The number of hydrogen-bond acceptors (Lipinski definition) is 3. The van der Waals surface area contributed by atoms with Gasteiger partial charge in [-0.1, -0.05) is 83.9 Å². The Morgan fingerprint density at radius 2 is 1.30 bits per heavy atom. The van der Waals surface area contributed by atoms with Gasteiger partial charge in [-0.2, -0.15) is 0 Å². The molecule has 0 heterocycles. The van der Waals surface area contributed by atoms with Crippen LogP contribution in [0.2, 0.25) is 10.0 Å². The first-order valence-corrected chi connectivity index (χ1v) is 10.0. The molecule has 146 valence electrons. The molecule has 0 aliphatic carbocycles. The minimum Gasteiger partial charge on any atom is -0.394 e. The van der Waals surface area contributed by atoms with E-state index in [1.807, 2.05) is 60.7 Å². The second-order valence-corrected chi connectivity index (χ2v) is 7.62. The summed E-state index contributed by atoms with van der Waals surface area (Å²) in [5, 5.41) is 5.71. The summed E-state index contributed by atoms with van der Waals surface area (Å²) in [7, 11) is 0.